The van der Waals surface area contributed by atoms with E-state index in [0.717, 1.165) is 17.0 Å². The molecule has 0 amide bonds. The van der Waals surface area contributed by atoms with Crippen molar-refractivity contribution in [1.82, 2.24) is 14.5 Å². The van der Waals surface area contributed by atoms with E-state index in [1.165, 1.54) is 3.57 Å². The third-order valence-electron chi connectivity index (χ3n) is 1.94. The second-order valence-corrected chi connectivity index (χ2v) is 3.85. The molecule has 0 unspecified atom stereocenters. The summed E-state index contributed by atoms with van der Waals surface area (Å²) in [6, 6.07) is 1.99. The Morgan fingerprint density at radius 3 is 2.92 bits per heavy atom. The third-order valence-corrected chi connectivity index (χ3v) is 2.81. The van der Waals surface area contributed by atoms with E-state index in [2.05, 4.69) is 37.1 Å². The number of fused-ring (bicyclic) bond motifs is 1. The van der Waals surface area contributed by atoms with Crippen LogP contribution in [-0.2, 0) is 7.05 Å². The molecule has 62 valence electrons. The highest BCUT2D eigenvalue weighted by atomic mass is 127. The van der Waals surface area contributed by atoms with Gasteiger partial charge in [-0.1, -0.05) is 0 Å². The van der Waals surface area contributed by atoms with Crippen LogP contribution in [-0.4, -0.2) is 14.5 Å². The minimum absolute atomic E-state index is 0.835. The minimum atomic E-state index is 0.835. The first-order chi connectivity index (χ1) is 5.70. The number of nitrogens with zero attached hydrogens (tertiary/aromatic N) is 3. The van der Waals surface area contributed by atoms with Gasteiger partial charge in [0.2, 0.25) is 0 Å². The van der Waals surface area contributed by atoms with Crippen molar-refractivity contribution in [2.45, 2.75) is 6.92 Å². The van der Waals surface area contributed by atoms with Crippen molar-refractivity contribution in [3.8, 4) is 0 Å². The molecule has 0 saturated carbocycles. The molecule has 0 fully saturated rings. The van der Waals surface area contributed by atoms with E-state index in [0.29, 0.717) is 0 Å². The fourth-order valence-corrected chi connectivity index (χ4v) is 1.97. The van der Waals surface area contributed by atoms with Crippen LogP contribution >= 0.6 is 22.6 Å². The third kappa shape index (κ3) is 1.01. The summed E-state index contributed by atoms with van der Waals surface area (Å²) in [7, 11) is 2.01. The van der Waals surface area contributed by atoms with Gasteiger partial charge in [0.1, 0.15) is 11.3 Å². The summed E-state index contributed by atoms with van der Waals surface area (Å²) in [5, 5.41) is 0. The molecule has 2 rings (SSSR count). The molecule has 0 saturated heterocycles. The Labute approximate surface area is 84.0 Å². The van der Waals surface area contributed by atoms with Crippen LogP contribution in [0.1, 0.15) is 5.82 Å². The average Bonchev–Trinajstić information content (AvgIpc) is 2.29. The number of rotatable bonds is 0. The van der Waals surface area contributed by atoms with Gasteiger partial charge in [0, 0.05) is 16.8 Å². The molecule has 0 bridgehead atoms. The van der Waals surface area contributed by atoms with Gasteiger partial charge in [-0.2, -0.15) is 0 Å². The summed E-state index contributed by atoms with van der Waals surface area (Å²) in [5.74, 6) is 1.00. The molecule has 2 aromatic heterocycles. The van der Waals surface area contributed by atoms with Crippen LogP contribution in [0.2, 0.25) is 0 Å². The molecule has 3 nitrogen and oxygen atoms in total. The van der Waals surface area contributed by atoms with Gasteiger partial charge in [0.05, 0.1) is 0 Å². The van der Waals surface area contributed by atoms with Gasteiger partial charge in [0.25, 0.3) is 0 Å². The Hall–Kier alpha value is -0.650. The van der Waals surface area contributed by atoms with Gasteiger partial charge < -0.3 is 4.57 Å². The smallest absolute Gasteiger partial charge is 0.178 e. The first kappa shape index (κ1) is 7.97. The Balaban J connectivity index is 2.97. The first-order valence-electron chi connectivity index (χ1n) is 3.63. The minimum Gasteiger partial charge on any atom is -0.329 e. The number of imidazole rings is 1. The summed E-state index contributed by atoms with van der Waals surface area (Å²) in [6.07, 6.45) is 1.79. The lowest BCUT2D eigenvalue weighted by Crippen LogP contribution is -1.92. The maximum absolute atomic E-state index is 4.32. The first-order valence-corrected chi connectivity index (χ1v) is 4.71. The number of hydrogen-bond acceptors (Lipinski definition) is 2. The molecule has 0 aliphatic rings. The molecule has 0 radical (unpaired) electrons. The van der Waals surface area contributed by atoms with Crippen molar-refractivity contribution in [2.24, 2.45) is 7.05 Å². The number of hydrogen-bond donors (Lipinski definition) is 0. The normalized spacial score (nSPS) is 10.9. The van der Waals surface area contributed by atoms with Crippen LogP contribution in [0.15, 0.2) is 12.3 Å². The van der Waals surface area contributed by atoms with E-state index >= 15 is 0 Å². The topological polar surface area (TPSA) is 30.7 Å². The van der Waals surface area contributed by atoms with Crippen molar-refractivity contribution in [3.05, 3.63) is 21.7 Å². The predicted molar refractivity (Wildman–Crippen MR) is 56.0 cm³/mol. The second-order valence-electron chi connectivity index (χ2n) is 2.68. The molecule has 2 heterocycles. The van der Waals surface area contributed by atoms with Crippen LogP contribution in [0, 0.1) is 10.5 Å². The zero-order valence-electron chi connectivity index (χ0n) is 6.87. The lowest BCUT2D eigenvalue weighted by molar-refractivity contribution is 0.884. The zero-order valence-corrected chi connectivity index (χ0v) is 9.03. The van der Waals surface area contributed by atoms with Crippen molar-refractivity contribution in [2.75, 3.05) is 0 Å². The lowest BCUT2D eigenvalue weighted by atomic mass is 10.4. The monoisotopic (exact) mass is 273 g/mol. The van der Waals surface area contributed by atoms with Gasteiger partial charge >= 0.3 is 0 Å². The van der Waals surface area contributed by atoms with E-state index in [4.69, 9.17) is 0 Å². The van der Waals surface area contributed by atoms with E-state index in [9.17, 15) is 0 Å². The Morgan fingerprint density at radius 2 is 2.25 bits per heavy atom. The summed E-state index contributed by atoms with van der Waals surface area (Å²) >= 11 is 2.30. The van der Waals surface area contributed by atoms with Crippen LogP contribution < -0.4 is 0 Å². The molecule has 2 aromatic rings. The molecule has 0 aliphatic carbocycles. The molecule has 0 atom stereocenters. The molecular formula is C8H8IN3. The van der Waals surface area contributed by atoms with Gasteiger partial charge in [0.15, 0.2) is 5.65 Å². The Morgan fingerprint density at radius 1 is 1.50 bits per heavy atom. The van der Waals surface area contributed by atoms with Crippen molar-refractivity contribution < 1.29 is 0 Å². The fraction of sp³-hybridized carbons (Fsp3) is 0.250. The molecule has 0 N–H and O–H groups in total. The average molecular weight is 273 g/mol. The molecular weight excluding hydrogens is 265 g/mol. The molecule has 12 heavy (non-hydrogen) atoms. The summed E-state index contributed by atoms with van der Waals surface area (Å²) < 4.78 is 3.25. The maximum Gasteiger partial charge on any atom is 0.178 e. The summed E-state index contributed by atoms with van der Waals surface area (Å²) in [4.78, 5) is 8.51. The lowest BCUT2D eigenvalue weighted by Gasteiger charge is -1.97. The summed E-state index contributed by atoms with van der Waals surface area (Å²) in [5.41, 5.74) is 1.96. The highest BCUT2D eigenvalue weighted by Crippen LogP contribution is 2.18. The number of aryl methyl sites for hydroxylation is 2. The highest BCUT2D eigenvalue weighted by molar-refractivity contribution is 14.1. The predicted octanol–water partition coefficient (Wildman–Crippen LogP) is 1.88. The van der Waals surface area contributed by atoms with Crippen molar-refractivity contribution in [1.29, 1.82) is 0 Å². The summed E-state index contributed by atoms with van der Waals surface area (Å²) in [6.45, 7) is 1.98. The van der Waals surface area contributed by atoms with Gasteiger partial charge in [-0.15, -0.1) is 0 Å². The van der Waals surface area contributed by atoms with Crippen molar-refractivity contribution >= 4 is 33.8 Å². The molecule has 0 aliphatic heterocycles. The van der Waals surface area contributed by atoms with Gasteiger partial charge in [-0.3, -0.25) is 0 Å². The van der Waals surface area contributed by atoms with Crippen LogP contribution in [0.3, 0.4) is 0 Å². The second kappa shape index (κ2) is 2.69. The standard InChI is InChI=1S/C8H8IN3/c1-5-11-8-7(12(5)2)6(9)3-4-10-8/h3-4H,1-2H3. The number of pyridine rings is 1. The van der Waals surface area contributed by atoms with Gasteiger partial charge in [-0.05, 0) is 35.6 Å². The van der Waals surface area contributed by atoms with E-state index in [1.807, 2.05) is 20.0 Å². The molecule has 0 spiro atoms. The molecule has 0 aromatic carbocycles. The van der Waals surface area contributed by atoms with Crippen LogP contribution in [0.4, 0.5) is 0 Å². The Bertz CT molecular complexity index is 433. The SMILES string of the molecule is Cc1nc2nccc(I)c2n1C. The number of halogens is 1. The number of aromatic nitrogens is 3. The fourth-order valence-electron chi connectivity index (χ4n) is 1.20. The van der Waals surface area contributed by atoms with Crippen LogP contribution in [0.25, 0.3) is 11.2 Å². The van der Waals surface area contributed by atoms with Crippen molar-refractivity contribution in [3.63, 3.8) is 0 Å². The quantitative estimate of drug-likeness (QED) is 0.686. The van der Waals surface area contributed by atoms with E-state index in [1.54, 1.807) is 6.20 Å². The Kier molecular flexibility index (Phi) is 1.79. The van der Waals surface area contributed by atoms with Crippen LogP contribution in [0.5, 0.6) is 0 Å². The van der Waals surface area contributed by atoms with E-state index in [-0.39, 0.29) is 0 Å². The largest absolute Gasteiger partial charge is 0.329 e. The van der Waals surface area contributed by atoms with E-state index < -0.39 is 0 Å². The van der Waals surface area contributed by atoms with Gasteiger partial charge in [-0.25, -0.2) is 9.97 Å². The zero-order chi connectivity index (χ0) is 8.72. The maximum atomic E-state index is 4.32. The molecule has 4 heteroatoms. The highest BCUT2D eigenvalue weighted by Gasteiger charge is 2.06.